The van der Waals surface area contributed by atoms with Crippen LogP contribution in [0.4, 0.5) is 0 Å². The number of nitrogens with zero attached hydrogens (tertiary/aromatic N) is 1. The van der Waals surface area contributed by atoms with Crippen molar-refractivity contribution in [3.05, 3.63) is 34.3 Å². The van der Waals surface area contributed by atoms with Gasteiger partial charge >= 0.3 is 0 Å². The average Bonchev–Trinajstić information content (AvgIpc) is 2.36. The smallest absolute Gasteiger partial charge is 0.248 e. The van der Waals surface area contributed by atoms with E-state index in [2.05, 4.69) is 21.2 Å². The van der Waals surface area contributed by atoms with E-state index in [9.17, 15) is 10.0 Å². The third-order valence-electron chi connectivity index (χ3n) is 2.94. The molecule has 0 saturated carbocycles. The van der Waals surface area contributed by atoms with Crippen LogP contribution in [0, 0.1) is 5.41 Å². The Morgan fingerprint density at radius 2 is 1.94 bits per heavy atom. The summed E-state index contributed by atoms with van der Waals surface area (Å²) in [4.78, 5) is 11.9. The Labute approximate surface area is 114 Å². The van der Waals surface area contributed by atoms with Gasteiger partial charge in [0.15, 0.2) is 5.54 Å². The zero-order valence-corrected chi connectivity index (χ0v) is 12.1. The van der Waals surface area contributed by atoms with Crippen molar-refractivity contribution in [2.24, 2.45) is 0 Å². The van der Waals surface area contributed by atoms with Crippen molar-refractivity contribution in [2.75, 3.05) is 14.1 Å². The largest absolute Gasteiger partial charge is 0.357 e. The number of likely N-dealkylation sites (N-methyl/N-ethyl adjacent to an activating group) is 2. The number of carbonyl (C=O) groups excluding carboxylic acids is 1. The normalized spacial score (nSPS) is 14.1. The fourth-order valence-electron chi connectivity index (χ4n) is 1.56. The Morgan fingerprint density at radius 1 is 1.44 bits per heavy atom. The number of hydrogen-bond acceptors (Lipinski definition) is 4. The first-order valence-corrected chi connectivity index (χ1v) is 6.13. The molecule has 18 heavy (non-hydrogen) atoms. The minimum absolute atomic E-state index is 0.0272. The van der Waals surface area contributed by atoms with E-state index in [4.69, 9.17) is 5.41 Å². The van der Waals surface area contributed by atoms with Gasteiger partial charge in [-0.1, -0.05) is 28.1 Å². The quantitative estimate of drug-likeness (QED) is 0.584. The summed E-state index contributed by atoms with van der Waals surface area (Å²) < 4.78 is 0.887. The molecule has 0 saturated heterocycles. The molecule has 1 unspecified atom stereocenters. The molecule has 0 radical (unpaired) electrons. The van der Waals surface area contributed by atoms with Gasteiger partial charge in [-0.25, -0.2) is 0 Å². The van der Waals surface area contributed by atoms with Crippen molar-refractivity contribution in [1.82, 2.24) is 10.4 Å². The topological polar surface area (TPSA) is 76.4 Å². The van der Waals surface area contributed by atoms with E-state index in [0.29, 0.717) is 5.56 Å². The predicted molar refractivity (Wildman–Crippen MR) is 73.0 cm³/mol. The molecule has 0 aliphatic carbocycles. The first kappa shape index (κ1) is 14.8. The molecule has 0 fully saturated rings. The molecule has 98 valence electrons. The van der Waals surface area contributed by atoms with Gasteiger partial charge in [-0.2, -0.15) is 5.06 Å². The van der Waals surface area contributed by atoms with Crippen LogP contribution in [0.2, 0.25) is 0 Å². The van der Waals surface area contributed by atoms with Crippen LogP contribution in [-0.2, 0) is 4.79 Å². The van der Waals surface area contributed by atoms with Crippen molar-refractivity contribution < 1.29 is 10.0 Å². The molecule has 0 heterocycles. The van der Waals surface area contributed by atoms with Gasteiger partial charge in [-0.15, -0.1) is 0 Å². The Bertz CT molecular complexity index is 459. The molecule has 0 spiro atoms. The van der Waals surface area contributed by atoms with Crippen LogP contribution in [0.3, 0.4) is 0 Å². The van der Waals surface area contributed by atoms with E-state index in [0.717, 1.165) is 9.54 Å². The van der Waals surface area contributed by atoms with Crippen LogP contribution >= 0.6 is 15.9 Å². The lowest BCUT2D eigenvalue weighted by Crippen LogP contribution is -2.59. The van der Waals surface area contributed by atoms with Gasteiger partial charge in [-0.05, 0) is 24.6 Å². The number of nitrogens with one attached hydrogen (secondary N) is 2. The van der Waals surface area contributed by atoms with E-state index in [1.54, 1.807) is 24.3 Å². The molecular weight excluding hydrogens is 298 g/mol. The van der Waals surface area contributed by atoms with Crippen LogP contribution in [0.5, 0.6) is 0 Å². The number of hydroxylamine groups is 2. The Kier molecular flexibility index (Phi) is 4.61. The number of hydrogen-bond donors (Lipinski definition) is 3. The molecule has 1 rings (SSSR count). The third-order valence-corrected chi connectivity index (χ3v) is 3.46. The number of halogens is 1. The first-order valence-electron chi connectivity index (χ1n) is 5.34. The highest BCUT2D eigenvalue weighted by molar-refractivity contribution is 9.10. The highest BCUT2D eigenvalue weighted by Gasteiger charge is 2.41. The molecule has 1 atom stereocenters. The molecule has 1 aromatic carbocycles. The lowest BCUT2D eigenvalue weighted by Gasteiger charge is -2.33. The summed E-state index contributed by atoms with van der Waals surface area (Å²) in [6, 6.07) is 7.01. The van der Waals surface area contributed by atoms with Gasteiger partial charge < -0.3 is 15.9 Å². The minimum atomic E-state index is -1.43. The highest BCUT2D eigenvalue weighted by atomic mass is 79.9. The second kappa shape index (κ2) is 5.60. The van der Waals surface area contributed by atoms with Crippen molar-refractivity contribution in [3.63, 3.8) is 0 Å². The SMILES string of the molecule is CNC(=O)C(C)(C(=N)c1ccc(Br)cc1)N(C)O. The summed E-state index contributed by atoms with van der Waals surface area (Å²) in [5.74, 6) is -0.444. The second-order valence-corrected chi connectivity index (χ2v) is 4.97. The van der Waals surface area contributed by atoms with Crippen LogP contribution in [0.1, 0.15) is 12.5 Å². The maximum Gasteiger partial charge on any atom is 0.248 e. The van der Waals surface area contributed by atoms with Crippen molar-refractivity contribution in [1.29, 1.82) is 5.41 Å². The summed E-state index contributed by atoms with van der Waals surface area (Å²) in [5.41, 5.74) is -0.827. The Hall–Kier alpha value is -1.24. The lowest BCUT2D eigenvalue weighted by molar-refractivity contribution is -0.154. The molecule has 0 bridgehead atoms. The lowest BCUT2D eigenvalue weighted by atomic mass is 9.89. The summed E-state index contributed by atoms with van der Waals surface area (Å²) >= 11 is 3.31. The molecular formula is C12H16BrN3O2. The standard InChI is InChI=1S/C12H16BrN3O2/c1-12(16(3)18,11(17)15-2)10(14)8-4-6-9(13)7-5-8/h4-7,14,18H,1-3H3,(H,15,17). The van der Waals surface area contributed by atoms with E-state index in [1.165, 1.54) is 21.0 Å². The van der Waals surface area contributed by atoms with Crippen LogP contribution < -0.4 is 5.32 Å². The average molecular weight is 314 g/mol. The molecule has 1 aromatic rings. The zero-order valence-electron chi connectivity index (χ0n) is 10.5. The van der Waals surface area contributed by atoms with Gasteiger partial charge in [0.25, 0.3) is 0 Å². The Morgan fingerprint density at radius 3 is 2.33 bits per heavy atom. The van der Waals surface area contributed by atoms with Crippen LogP contribution in [0.15, 0.2) is 28.7 Å². The van der Waals surface area contributed by atoms with E-state index in [-0.39, 0.29) is 5.71 Å². The fourth-order valence-corrected chi connectivity index (χ4v) is 1.83. The summed E-state index contributed by atoms with van der Waals surface area (Å²) in [5, 5.41) is 21.0. The van der Waals surface area contributed by atoms with Crippen LogP contribution in [-0.4, -0.2) is 41.5 Å². The van der Waals surface area contributed by atoms with Crippen molar-refractivity contribution in [2.45, 2.75) is 12.5 Å². The predicted octanol–water partition coefficient (Wildman–Crippen LogP) is 1.64. The Balaban J connectivity index is 3.19. The van der Waals surface area contributed by atoms with Gasteiger partial charge in [0.05, 0.1) is 5.71 Å². The number of amides is 1. The number of benzene rings is 1. The van der Waals surface area contributed by atoms with Gasteiger partial charge in [-0.3, -0.25) is 4.79 Å². The molecule has 6 heteroatoms. The molecule has 5 nitrogen and oxygen atoms in total. The first-order chi connectivity index (χ1) is 8.33. The van der Waals surface area contributed by atoms with E-state index in [1.807, 2.05) is 0 Å². The third kappa shape index (κ3) is 2.60. The van der Waals surface area contributed by atoms with E-state index >= 15 is 0 Å². The van der Waals surface area contributed by atoms with E-state index < -0.39 is 11.4 Å². The number of rotatable bonds is 4. The maximum atomic E-state index is 11.9. The monoisotopic (exact) mass is 313 g/mol. The molecule has 3 N–H and O–H groups in total. The summed E-state index contributed by atoms with van der Waals surface area (Å²) in [6.07, 6.45) is 0. The second-order valence-electron chi connectivity index (χ2n) is 4.06. The number of carbonyl (C=O) groups is 1. The molecule has 0 aliphatic heterocycles. The maximum absolute atomic E-state index is 11.9. The van der Waals surface area contributed by atoms with Crippen molar-refractivity contribution >= 4 is 27.5 Å². The van der Waals surface area contributed by atoms with Gasteiger partial charge in [0.2, 0.25) is 5.91 Å². The van der Waals surface area contributed by atoms with Crippen LogP contribution in [0.25, 0.3) is 0 Å². The molecule has 0 aromatic heterocycles. The van der Waals surface area contributed by atoms with Gasteiger partial charge in [0.1, 0.15) is 0 Å². The molecule has 0 aliphatic rings. The highest BCUT2D eigenvalue weighted by Crippen LogP contribution is 2.20. The fraction of sp³-hybridized carbons (Fsp3) is 0.333. The van der Waals surface area contributed by atoms with Gasteiger partial charge in [0, 0.05) is 18.6 Å². The summed E-state index contributed by atoms with van der Waals surface area (Å²) in [7, 11) is 2.82. The minimum Gasteiger partial charge on any atom is -0.357 e. The zero-order chi connectivity index (χ0) is 13.9. The summed E-state index contributed by atoms with van der Waals surface area (Å²) in [6.45, 7) is 1.50. The molecule has 1 amide bonds. The van der Waals surface area contributed by atoms with Crippen molar-refractivity contribution in [3.8, 4) is 0 Å².